The molecule has 5 heteroatoms. The van der Waals surface area contributed by atoms with Gasteiger partial charge in [-0.3, -0.25) is 4.79 Å². The van der Waals surface area contributed by atoms with Crippen LogP contribution in [0.3, 0.4) is 0 Å². The maximum absolute atomic E-state index is 12.4. The number of phenolic OH excluding ortho intramolecular Hbond substituents is 1. The molecular formula is C20H24N2O3. The van der Waals surface area contributed by atoms with Gasteiger partial charge in [-0.15, -0.1) is 0 Å². The van der Waals surface area contributed by atoms with Crippen molar-refractivity contribution in [2.24, 2.45) is 0 Å². The fourth-order valence-corrected chi connectivity index (χ4v) is 3.06. The molecule has 3 rings (SSSR count). The Bertz CT molecular complexity index is 756. The summed E-state index contributed by atoms with van der Waals surface area (Å²) in [6.45, 7) is 5.25. The highest BCUT2D eigenvalue weighted by Gasteiger charge is 2.30. The zero-order chi connectivity index (χ0) is 18.0. The maximum atomic E-state index is 12.4. The van der Waals surface area contributed by atoms with E-state index in [9.17, 15) is 15.0 Å². The Balaban J connectivity index is 1.82. The first-order valence-corrected chi connectivity index (χ1v) is 8.48. The first-order chi connectivity index (χ1) is 11.9. The molecule has 1 heterocycles. The molecule has 2 N–H and O–H groups in total. The second-order valence-corrected chi connectivity index (χ2v) is 7.10. The number of rotatable bonds is 5. The van der Waals surface area contributed by atoms with Gasteiger partial charge < -0.3 is 10.2 Å². The summed E-state index contributed by atoms with van der Waals surface area (Å²) in [6, 6.07) is 14.9. The minimum absolute atomic E-state index is 0.0642. The van der Waals surface area contributed by atoms with Gasteiger partial charge in [-0.2, -0.15) is 0 Å². The number of anilines is 1. The number of hydrogen-bond acceptors (Lipinski definition) is 4. The van der Waals surface area contributed by atoms with Crippen LogP contribution in [-0.2, 0) is 16.8 Å². The Labute approximate surface area is 148 Å². The van der Waals surface area contributed by atoms with Gasteiger partial charge in [0.2, 0.25) is 5.91 Å². The van der Waals surface area contributed by atoms with E-state index in [0.29, 0.717) is 19.5 Å². The molecule has 1 aliphatic rings. The van der Waals surface area contributed by atoms with Crippen LogP contribution >= 0.6 is 0 Å². The molecule has 1 amide bonds. The Hall–Kier alpha value is -2.37. The molecule has 0 saturated carbocycles. The van der Waals surface area contributed by atoms with Gasteiger partial charge >= 0.3 is 0 Å². The first-order valence-electron chi connectivity index (χ1n) is 8.48. The molecule has 0 aromatic heterocycles. The van der Waals surface area contributed by atoms with E-state index in [-0.39, 0.29) is 23.7 Å². The van der Waals surface area contributed by atoms with Crippen LogP contribution in [0.25, 0.3) is 0 Å². The molecule has 0 bridgehead atoms. The van der Waals surface area contributed by atoms with E-state index in [4.69, 9.17) is 0 Å². The smallest absolute Gasteiger partial charge is 0.242 e. The van der Waals surface area contributed by atoms with Gasteiger partial charge in [-0.1, -0.05) is 38.1 Å². The van der Waals surface area contributed by atoms with E-state index in [2.05, 4.69) is 0 Å². The molecule has 0 spiro atoms. The van der Waals surface area contributed by atoms with Crippen molar-refractivity contribution < 1.29 is 15.0 Å². The van der Waals surface area contributed by atoms with Crippen LogP contribution in [0.4, 0.5) is 5.69 Å². The Morgan fingerprint density at radius 1 is 1.12 bits per heavy atom. The number of nitrogens with zero attached hydrogens (tertiary/aromatic N) is 2. The van der Waals surface area contributed by atoms with Crippen molar-refractivity contribution in [1.82, 2.24) is 5.01 Å². The number of amides is 1. The predicted octanol–water partition coefficient (Wildman–Crippen LogP) is 2.82. The molecule has 5 nitrogen and oxygen atoms in total. The van der Waals surface area contributed by atoms with E-state index >= 15 is 0 Å². The van der Waals surface area contributed by atoms with E-state index < -0.39 is 0 Å². The topological polar surface area (TPSA) is 64.0 Å². The third-order valence-corrected chi connectivity index (χ3v) is 4.67. The number of carbonyl (C=O) groups excluding carboxylic acids is 1. The molecule has 25 heavy (non-hydrogen) atoms. The van der Waals surface area contributed by atoms with Gasteiger partial charge in [-0.25, -0.2) is 10.0 Å². The molecule has 132 valence electrons. The summed E-state index contributed by atoms with van der Waals surface area (Å²) in [5, 5.41) is 22.8. The minimum Gasteiger partial charge on any atom is -0.508 e. The van der Waals surface area contributed by atoms with Gasteiger partial charge in [-0.05, 0) is 35.4 Å². The van der Waals surface area contributed by atoms with E-state index in [1.807, 2.05) is 49.2 Å². The summed E-state index contributed by atoms with van der Waals surface area (Å²) in [7, 11) is 0. The van der Waals surface area contributed by atoms with Crippen molar-refractivity contribution in [1.29, 1.82) is 0 Å². The predicted molar refractivity (Wildman–Crippen MR) is 97.2 cm³/mol. The minimum atomic E-state index is -0.311. The summed E-state index contributed by atoms with van der Waals surface area (Å²) in [4.78, 5) is 12.4. The number of hydrazine groups is 1. The second-order valence-electron chi connectivity index (χ2n) is 7.10. The van der Waals surface area contributed by atoms with Crippen LogP contribution in [0.15, 0.2) is 48.5 Å². The van der Waals surface area contributed by atoms with Gasteiger partial charge in [0.25, 0.3) is 0 Å². The Kier molecular flexibility index (Phi) is 4.79. The molecule has 2 aromatic carbocycles. The highest BCUT2D eigenvalue weighted by atomic mass is 16.3. The third kappa shape index (κ3) is 3.67. The van der Waals surface area contributed by atoms with Crippen LogP contribution in [0, 0.1) is 0 Å². The van der Waals surface area contributed by atoms with Gasteiger partial charge in [0.1, 0.15) is 5.75 Å². The van der Waals surface area contributed by atoms with E-state index in [1.54, 1.807) is 23.2 Å². The number of aliphatic hydroxyl groups is 1. The molecule has 1 aliphatic heterocycles. The number of aromatic hydroxyl groups is 1. The van der Waals surface area contributed by atoms with Crippen molar-refractivity contribution in [3.8, 4) is 5.75 Å². The molecule has 0 aliphatic carbocycles. The third-order valence-electron chi connectivity index (χ3n) is 4.67. The van der Waals surface area contributed by atoms with Crippen molar-refractivity contribution in [3.05, 3.63) is 59.7 Å². The lowest BCUT2D eigenvalue weighted by Crippen LogP contribution is -2.38. The molecule has 0 unspecified atom stereocenters. The standard InChI is InChI=1S/C20H24N2O3/c1-20(2,14-23)16-6-8-17(9-7-16)22-19(25)10-11-21(22)13-15-4-3-5-18(24)12-15/h3-9,12,23-24H,10-11,13-14H2,1-2H3. The maximum Gasteiger partial charge on any atom is 0.242 e. The van der Waals surface area contributed by atoms with Crippen LogP contribution in [0.5, 0.6) is 5.75 Å². The molecule has 1 fully saturated rings. The van der Waals surface area contributed by atoms with Crippen molar-refractivity contribution in [2.75, 3.05) is 18.2 Å². The average Bonchev–Trinajstić information content (AvgIpc) is 2.95. The highest BCUT2D eigenvalue weighted by molar-refractivity contribution is 5.94. The lowest BCUT2D eigenvalue weighted by molar-refractivity contribution is -0.118. The number of benzene rings is 2. The van der Waals surface area contributed by atoms with Crippen molar-refractivity contribution >= 4 is 11.6 Å². The van der Waals surface area contributed by atoms with Crippen LogP contribution in [0.2, 0.25) is 0 Å². The number of phenols is 1. The van der Waals surface area contributed by atoms with Gasteiger partial charge in [0, 0.05) is 24.9 Å². The van der Waals surface area contributed by atoms with Crippen LogP contribution in [-0.4, -0.2) is 34.3 Å². The summed E-state index contributed by atoms with van der Waals surface area (Å²) in [6.07, 6.45) is 0.475. The van der Waals surface area contributed by atoms with Crippen LogP contribution < -0.4 is 5.01 Å². The molecule has 0 radical (unpaired) electrons. The van der Waals surface area contributed by atoms with Crippen molar-refractivity contribution in [3.63, 3.8) is 0 Å². The van der Waals surface area contributed by atoms with E-state index in [1.165, 1.54) is 0 Å². The average molecular weight is 340 g/mol. The Morgan fingerprint density at radius 2 is 1.84 bits per heavy atom. The summed E-state index contributed by atoms with van der Waals surface area (Å²) < 4.78 is 0. The Morgan fingerprint density at radius 3 is 2.48 bits per heavy atom. The SMILES string of the molecule is CC(C)(CO)c1ccc(N2C(=O)CCN2Cc2cccc(O)c2)cc1. The van der Waals surface area contributed by atoms with E-state index in [0.717, 1.165) is 16.8 Å². The quantitative estimate of drug-likeness (QED) is 0.878. The summed E-state index contributed by atoms with van der Waals surface area (Å²) >= 11 is 0. The fraction of sp³-hybridized carbons (Fsp3) is 0.350. The highest BCUT2D eigenvalue weighted by Crippen LogP contribution is 2.29. The zero-order valence-corrected chi connectivity index (χ0v) is 14.6. The largest absolute Gasteiger partial charge is 0.508 e. The number of aliphatic hydroxyl groups excluding tert-OH is 1. The first kappa shape index (κ1) is 17.5. The summed E-state index contributed by atoms with van der Waals surface area (Å²) in [5.74, 6) is 0.291. The van der Waals surface area contributed by atoms with Gasteiger partial charge in [0.05, 0.1) is 12.3 Å². The summed E-state index contributed by atoms with van der Waals surface area (Å²) in [5.41, 5.74) is 2.50. The molecule has 0 atom stereocenters. The second kappa shape index (κ2) is 6.86. The monoisotopic (exact) mass is 340 g/mol. The number of hydrogen-bond donors (Lipinski definition) is 2. The number of carbonyl (C=O) groups is 1. The fourth-order valence-electron chi connectivity index (χ4n) is 3.06. The molecule has 1 saturated heterocycles. The lowest BCUT2D eigenvalue weighted by atomic mass is 9.85. The normalized spacial score (nSPS) is 15.8. The zero-order valence-electron chi connectivity index (χ0n) is 14.6. The lowest BCUT2D eigenvalue weighted by Gasteiger charge is -2.29. The van der Waals surface area contributed by atoms with Crippen molar-refractivity contribution in [2.45, 2.75) is 32.2 Å². The molecular weight excluding hydrogens is 316 g/mol. The molecule has 2 aromatic rings. The van der Waals surface area contributed by atoms with Crippen LogP contribution in [0.1, 0.15) is 31.4 Å². The van der Waals surface area contributed by atoms with Gasteiger partial charge in [0.15, 0.2) is 0 Å².